The zero-order valence-electron chi connectivity index (χ0n) is 10.9. The summed E-state index contributed by atoms with van der Waals surface area (Å²) in [5, 5.41) is 22.2. The molecule has 0 bridgehead atoms. The van der Waals surface area contributed by atoms with E-state index in [1.165, 1.54) is 30.3 Å². The van der Waals surface area contributed by atoms with Gasteiger partial charge in [-0.3, -0.25) is 4.79 Å². The largest absolute Gasteiger partial charge is 0.438 e. The molecule has 5 nitrogen and oxygen atoms in total. The van der Waals surface area contributed by atoms with Crippen molar-refractivity contribution in [2.75, 3.05) is 0 Å². The quantitative estimate of drug-likeness (QED) is 0.904. The maximum Gasteiger partial charge on any atom is 0.438 e. The molecule has 0 aromatic heterocycles. The van der Waals surface area contributed by atoms with Crippen LogP contribution in [0.4, 0.5) is 13.2 Å². The molecule has 1 atom stereocenters. The number of benzene rings is 1. The molecule has 9 heteroatoms. The van der Waals surface area contributed by atoms with Crippen molar-refractivity contribution in [2.45, 2.75) is 24.7 Å². The Kier molecular flexibility index (Phi) is 4.13. The van der Waals surface area contributed by atoms with Gasteiger partial charge < -0.3 is 5.11 Å². The Balaban J connectivity index is 2.43. The zero-order chi connectivity index (χ0) is 16.5. The Labute approximate surface area is 128 Å². The second-order valence-corrected chi connectivity index (χ2v) is 5.02. The summed E-state index contributed by atoms with van der Waals surface area (Å²) in [5.74, 6) is -1.23. The first kappa shape index (κ1) is 16.3. The number of hydrazone groups is 1. The van der Waals surface area contributed by atoms with Crippen LogP contribution in [0.3, 0.4) is 0 Å². The monoisotopic (exact) mass is 331 g/mol. The third-order valence-electron chi connectivity index (χ3n) is 3.08. The van der Waals surface area contributed by atoms with E-state index in [1.54, 1.807) is 0 Å². The summed E-state index contributed by atoms with van der Waals surface area (Å²) in [6.45, 7) is 0. The molecule has 1 aromatic rings. The molecule has 0 fully saturated rings. The van der Waals surface area contributed by atoms with E-state index in [2.05, 4.69) is 5.10 Å². The lowest BCUT2D eigenvalue weighted by Gasteiger charge is -2.32. The molecular formula is C13H9ClF3N3O2. The number of halogens is 4. The van der Waals surface area contributed by atoms with E-state index in [9.17, 15) is 23.1 Å². The van der Waals surface area contributed by atoms with E-state index < -0.39 is 30.7 Å². The lowest BCUT2D eigenvalue weighted by Crippen LogP contribution is -2.56. The molecule has 0 saturated carbocycles. The first-order valence-corrected chi connectivity index (χ1v) is 6.39. The fourth-order valence-corrected chi connectivity index (χ4v) is 2.10. The SMILES string of the molecule is N#CCC(=O)N1N=C(c2ccc(Cl)cc2)CC1(O)C(F)(F)F. The van der Waals surface area contributed by atoms with Crippen LogP contribution in [0.25, 0.3) is 0 Å². The number of carbonyl (C=O) groups is 1. The third-order valence-corrected chi connectivity index (χ3v) is 3.33. The summed E-state index contributed by atoms with van der Waals surface area (Å²) in [5.41, 5.74) is -3.29. The van der Waals surface area contributed by atoms with Crippen LogP contribution in [0, 0.1) is 11.3 Å². The maximum atomic E-state index is 13.1. The van der Waals surface area contributed by atoms with Crippen molar-refractivity contribution in [3.05, 3.63) is 34.9 Å². The van der Waals surface area contributed by atoms with Gasteiger partial charge in [-0.05, 0) is 17.7 Å². The van der Waals surface area contributed by atoms with Crippen LogP contribution >= 0.6 is 11.6 Å². The fourth-order valence-electron chi connectivity index (χ4n) is 1.97. The van der Waals surface area contributed by atoms with Crippen molar-refractivity contribution in [3.8, 4) is 6.07 Å². The Morgan fingerprint density at radius 3 is 2.55 bits per heavy atom. The topological polar surface area (TPSA) is 76.7 Å². The van der Waals surface area contributed by atoms with Gasteiger partial charge in [0.1, 0.15) is 6.42 Å². The molecule has 22 heavy (non-hydrogen) atoms. The van der Waals surface area contributed by atoms with Gasteiger partial charge in [0, 0.05) is 5.02 Å². The first-order valence-electron chi connectivity index (χ1n) is 6.01. The summed E-state index contributed by atoms with van der Waals surface area (Å²) >= 11 is 5.70. The number of carbonyl (C=O) groups excluding carboxylic acids is 1. The van der Waals surface area contributed by atoms with Gasteiger partial charge in [-0.25, -0.2) is 0 Å². The van der Waals surface area contributed by atoms with Crippen LogP contribution in [-0.2, 0) is 4.79 Å². The van der Waals surface area contributed by atoms with Gasteiger partial charge in [0.2, 0.25) is 0 Å². The number of rotatable bonds is 2. The molecule has 0 aliphatic carbocycles. The minimum Gasteiger partial charge on any atom is -0.362 e. The van der Waals surface area contributed by atoms with Crippen LogP contribution in [0.15, 0.2) is 29.4 Å². The molecule has 1 amide bonds. The average molecular weight is 332 g/mol. The Hall–Kier alpha value is -2.11. The second kappa shape index (κ2) is 5.59. The molecule has 1 unspecified atom stereocenters. The highest BCUT2D eigenvalue weighted by Gasteiger charge is 2.63. The minimum atomic E-state index is -5.12. The van der Waals surface area contributed by atoms with Crippen molar-refractivity contribution in [2.24, 2.45) is 5.10 Å². The van der Waals surface area contributed by atoms with Crippen LogP contribution in [-0.4, -0.2) is 33.6 Å². The van der Waals surface area contributed by atoms with Gasteiger partial charge in [-0.1, -0.05) is 23.7 Å². The summed E-state index contributed by atoms with van der Waals surface area (Å²) in [6.07, 6.45) is -6.86. The summed E-state index contributed by atoms with van der Waals surface area (Å²) < 4.78 is 39.4. The van der Waals surface area contributed by atoms with Crippen LogP contribution < -0.4 is 0 Å². The predicted octanol–water partition coefficient (Wildman–Crippen LogP) is 2.44. The van der Waals surface area contributed by atoms with Crippen molar-refractivity contribution >= 4 is 23.2 Å². The van der Waals surface area contributed by atoms with Crippen molar-refractivity contribution in [1.29, 1.82) is 5.26 Å². The van der Waals surface area contributed by atoms with Gasteiger partial charge in [0.25, 0.3) is 11.6 Å². The lowest BCUT2D eigenvalue weighted by atomic mass is 10.0. The minimum absolute atomic E-state index is 0.0693. The first-order chi connectivity index (χ1) is 10.2. The molecule has 0 saturated heterocycles. The van der Waals surface area contributed by atoms with Crippen molar-refractivity contribution in [3.63, 3.8) is 0 Å². The number of aliphatic hydroxyl groups is 1. The predicted molar refractivity (Wildman–Crippen MR) is 70.7 cm³/mol. The van der Waals surface area contributed by atoms with E-state index in [4.69, 9.17) is 16.9 Å². The molecule has 1 heterocycles. The molecule has 1 N–H and O–H groups in total. The number of amides is 1. The zero-order valence-corrected chi connectivity index (χ0v) is 11.7. The van der Waals surface area contributed by atoms with Crippen LogP contribution in [0.1, 0.15) is 18.4 Å². The fraction of sp³-hybridized carbons (Fsp3) is 0.308. The normalized spacial score (nSPS) is 21.5. The Bertz CT molecular complexity index is 667. The molecule has 0 spiro atoms. The molecule has 0 radical (unpaired) electrons. The smallest absolute Gasteiger partial charge is 0.362 e. The van der Waals surface area contributed by atoms with E-state index in [-0.39, 0.29) is 10.7 Å². The molecular weight excluding hydrogens is 323 g/mol. The molecule has 1 aliphatic rings. The lowest BCUT2D eigenvalue weighted by molar-refractivity contribution is -0.302. The van der Waals surface area contributed by atoms with E-state index in [0.717, 1.165) is 0 Å². The molecule has 2 rings (SSSR count). The van der Waals surface area contributed by atoms with Gasteiger partial charge >= 0.3 is 6.18 Å². The van der Waals surface area contributed by atoms with Crippen molar-refractivity contribution < 1.29 is 23.1 Å². The number of nitrogens with zero attached hydrogens (tertiary/aromatic N) is 3. The summed E-state index contributed by atoms with van der Waals surface area (Å²) in [7, 11) is 0. The van der Waals surface area contributed by atoms with Gasteiger partial charge in [0.15, 0.2) is 0 Å². The second-order valence-electron chi connectivity index (χ2n) is 4.59. The van der Waals surface area contributed by atoms with E-state index in [1.807, 2.05) is 0 Å². The van der Waals surface area contributed by atoms with Gasteiger partial charge in [-0.2, -0.15) is 28.5 Å². The molecule has 1 aromatic carbocycles. The third kappa shape index (κ3) is 2.77. The standard InChI is InChI=1S/C13H9ClF3N3O2/c14-9-3-1-8(2-4-9)10-7-12(22,13(15,16)17)20(19-10)11(21)5-6-18/h1-4,22H,5,7H2. The molecule has 116 valence electrons. The highest BCUT2D eigenvalue weighted by atomic mass is 35.5. The van der Waals surface area contributed by atoms with Crippen LogP contribution in [0.2, 0.25) is 5.02 Å². The number of nitriles is 1. The average Bonchev–Trinajstić information content (AvgIpc) is 2.79. The Morgan fingerprint density at radius 2 is 2.05 bits per heavy atom. The number of hydrogen-bond donors (Lipinski definition) is 1. The highest BCUT2D eigenvalue weighted by molar-refractivity contribution is 6.30. The highest BCUT2D eigenvalue weighted by Crippen LogP contribution is 2.41. The van der Waals surface area contributed by atoms with Gasteiger partial charge in [0.05, 0.1) is 18.2 Å². The molecule has 1 aliphatic heterocycles. The van der Waals surface area contributed by atoms with Crippen LogP contribution in [0.5, 0.6) is 0 Å². The summed E-state index contributed by atoms with van der Waals surface area (Å²) in [6, 6.07) is 7.19. The number of hydrogen-bond acceptors (Lipinski definition) is 4. The van der Waals surface area contributed by atoms with Crippen molar-refractivity contribution in [1.82, 2.24) is 5.01 Å². The summed E-state index contributed by atoms with van der Waals surface area (Å²) in [4.78, 5) is 11.7. The Morgan fingerprint density at radius 1 is 1.45 bits per heavy atom. The van der Waals surface area contributed by atoms with E-state index in [0.29, 0.717) is 10.6 Å². The number of alkyl halides is 3. The van der Waals surface area contributed by atoms with E-state index >= 15 is 0 Å². The van der Waals surface area contributed by atoms with Gasteiger partial charge in [-0.15, -0.1) is 0 Å². The maximum absolute atomic E-state index is 13.1.